The molecule has 2 saturated heterocycles. The fourth-order valence-electron chi connectivity index (χ4n) is 4.78. The predicted octanol–water partition coefficient (Wildman–Crippen LogP) is 2.61. The van der Waals surface area contributed by atoms with Crippen molar-refractivity contribution in [3.63, 3.8) is 0 Å². The molecule has 0 radical (unpaired) electrons. The molecule has 1 aromatic rings. The van der Waals surface area contributed by atoms with Crippen LogP contribution in [-0.2, 0) is 16.1 Å². The molecule has 2 fully saturated rings. The number of amides is 2. The minimum absolute atomic E-state index is 0.0676. The molecule has 0 aliphatic carbocycles. The molecule has 3 aliphatic heterocycles. The third-order valence-electron chi connectivity index (χ3n) is 6.50. The van der Waals surface area contributed by atoms with Gasteiger partial charge in [-0.25, -0.2) is 0 Å². The topological polar surface area (TPSA) is 82.1 Å². The molecule has 30 heavy (non-hydrogen) atoms. The van der Waals surface area contributed by atoms with Crippen LogP contribution in [-0.4, -0.2) is 65.0 Å². The molecular weight excluding hydrogens is 400 g/mol. The van der Waals surface area contributed by atoms with E-state index in [1.165, 1.54) is 18.3 Å². The molecule has 1 spiro atoms. The first-order valence-corrected chi connectivity index (χ1v) is 11.8. The van der Waals surface area contributed by atoms with Gasteiger partial charge in [-0.3, -0.25) is 14.4 Å². The van der Waals surface area contributed by atoms with Gasteiger partial charge < -0.3 is 15.1 Å². The number of Topliss-reactive ketones (excluding diaryl/α,β-unsaturated/α-hetero) is 1. The Labute approximate surface area is 181 Å². The van der Waals surface area contributed by atoms with Crippen LogP contribution in [0.2, 0.25) is 0 Å². The lowest BCUT2D eigenvalue weighted by molar-refractivity contribution is -0.128. The van der Waals surface area contributed by atoms with E-state index in [2.05, 4.69) is 20.1 Å². The molecule has 0 atom stereocenters. The fourth-order valence-corrected chi connectivity index (χ4v) is 5.70. The lowest BCUT2D eigenvalue weighted by Gasteiger charge is -2.45. The smallest absolute Gasteiger partial charge is 0.273 e. The summed E-state index contributed by atoms with van der Waals surface area (Å²) in [6, 6.07) is 3.77. The molecule has 7 nitrogen and oxygen atoms in total. The fraction of sp³-hybridized carbons (Fsp3) is 0.636. The second-order valence-corrected chi connectivity index (χ2v) is 9.69. The van der Waals surface area contributed by atoms with E-state index < -0.39 is 0 Å². The summed E-state index contributed by atoms with van der Waals surface area (Å²) in [4.78, 5) is 47.0. The van der Waals surface area contributed by atoms with E-state index in [1.54, 1.807) is 0 Å². The van der Waals surface area contributed by atoms with Crippen molar-refractivity contribution in [3.05, 3.63) is 21.9 Å². The van der Waals surface area contributed by atoms with Crippen LogP contribution in [0.5, 0.6) is 0 Å². The molecule has 2 amide bonds. The number of nitrogens with zero attached hydrogens (tertiary/aromatic N) is 3. The molecule has 0 aromatic carbocycles. The summed E-state index contributed by atoms with van der Waals surface area (Å²) in [5.41, 5.74) is -0.386. The van der Waals surface area contributed by atoms with Gasteiger partial charge >= 0.3 is 0 Å². The molecule has 4 rings (SSSR count). The number of ketones is 1. The summed E-state index contributed by atoms with van der Waals surface area (Å²) in [6.45, 7) is 5.59. The van der Waals surface area contributed by atoms with Gasteiger partial charge in [-0.15, -0.1) is 11.3 Å². The Hall–Kier alpha value is -2.06. The van der Waals surface area contributed by atoms with Crippen LogP contribution in [0, 0.1) is 0 Å². The Morgan fingerprint density at radius 3 is 2.77 bits per heavy atom. The summed E-state index contributed by atoms with van der Waals surface area (Å²) in [7, 11) is 0. The van der Waals surface area contributed by atoms with Gasteiger partial charge in [0.1, 0.15) is 11.4 Å². The largest absolute Gasteiger partial charge is 0.351 e. The number of thiophene rings is 1. The van der Waals surface area contributed by atoms with Gasteiger partial charge in [0.25, 0.3) is 5.91 Å². The van der Waals surface area contributed by atoms with Crippen molar-refractivity contribution in [2.24, 2.45) is 4.99 Å². The van der Waals surface area contributed by atoms with Gasteiger partial charge in [-0.2, -0.15) is 4.99 Å². The molecular formula is C22H30N4O3S. The number of piperidine rings is 2. The van der Waals surface area contributed by atoms with E-state index in [0.717, 1.165) is 80.3 Å². The van der Waals surface area contributed by atoms with Crippen LogP contribution in [0.4, 0.5) is 0 Å². The van der Waals surface area contributed by atoms with Crippen LogP contribution >= 0.6 is 11.3 Å². The minimum atomic E-state index is -0.386. The normalized spacial score (nSPS) is 20.9. The average Bonchev–Trinajstić information content (AvgIpc) is 3.32. The molecule has 0 saturated carbocycles. The van der Waals surface area contributed by atoms with Gasteiger partial charge in [-0.05, 0) is 50.8 Å². The summed E-state index contributed by atoms with van der Waals surface area (Å²) in [6.07, 6.45) is 6.25. The van der Waals surface area contributed by atoms with Crippen molar-refractivity contribution >= 4 is 34.8 Å². The quantitative estimate of drug-likeness (QED) is 0.673. The van der Waals surface area contributed by atoms with Crippen molar-refractivity contribution in [2.75, 3.05) is 26.2 Å². The second kappa shape index (κ2) is 8.98. The van der Waals surface area contributed by atoms with E-state index in [-0.39, 0.29) is 23.1 Å². The molecule has 3 aliphatic rings. The van der Waals surface area contributed by atoms with Gasteiger partial charge in [0.05, 0.1) is 11.4 Å². The highest BCUT2D eigenvalue weighted by Gasteiger charge is 2.51. The Morgan fingerprint density at radius 2 is 2.00 bits per heavy atom. The van der Waals surface area contributed by atoms with E-state index in [1.807, 2.05) is 12.1 Å². The van der Waals surface area contributed by atoms with Crippen molar-refractivity contribution in [1.29, 1.82) is 0 Å². The van der Waals surface area contributed by atoms with Crippen LogP contribution < -0.4 is 5.32 Å². The first-order valence-electron chi connectivity index (χ1n) is 11.0. The number of rotatable bonds is 7. The number of nitrogens with one attached hydrogen (secondary N) is 1. The number of carbonyl (C=O) groups excluding carboxylic acids is 3. The summed E-state index contributed by atoms with van der Waals surface area (Å²) in [5.74, 6) is 1.18. The van der Waals surface area contributed by atoms with Gasteiger partial charge in [0.2, 0.25) is 5.91 Å². The Bertz CT molecular complexity index is 854. The molecule has 1 aromatic heterocycles. The van der Waals surface area contributed by atoms with Crippen LogP contribution in [0.1, 0.15) is 66.4 Å². The van der Waals surface area contributed by atoms with Crippen LogP contribution in [0.15, 0.2) is 17.1 Å². The number of amidine groups is 1. The number of aliphatic imine (C=N–C) groups is 1. The zero-order valence-corrected chi connectivity index (χ0v) is 18.4. The number of fused-ring (bicyclic) bond motifs is 2. The monoisotopic (exact) mass is 430 g/mol. The minimum Gasteiger partial charge on any atom is -0.351 e. The van der Waals surface area contributed by atoms with E-state index in [4.69, 9.17) is 0 Å². The van der Waals surface area contributed by atoms with Crippen LogP contribution in [0.3, 0.4) is 0 Å². The highest BCUT2D eigenvalue weighted by molar-refractivity contribution is 7.14. The molecule has 0 unspecified atom stereocenters. The van der Waals surface area contributed by atoms with Crippen molar-refractivity contribution in [1.82, 2.24) is 15.1 Å². The number of hydrogen-bond donors (Lipinski definition) is 1. The summed E-state index contributed by atoms with van der Waals surface area (Å²) < 4.78 is 0. The van der Waals surface area contributed by atoms with Gasteiger partial charge in [-0.1, -0.05) is 0 Å². The molecule has 4 heterocycles. The van der Waals surface area contributed by atoms with Crippen molar-refractivity contribution in [2.45, 2.75) is 64.0 Å². The second-order valence-electron chi connectivity index (χ2n) is 8.52. The van der Waals surface area contributed by atoms with Gasteiger partial charge in [0.15, 0.2) is 5.78 Å². The van der Waals surface area contributed by atoms with Crippen molar-refractivity contribution < 1.29 is 14.4 Å². The maximum atomic E-state index is 12.7. The number of hydrogen-bond acceptors (Lipinski definition) is 6. The predicted molar refractivity (Wildman–Crippen MR) is 117 cm³/mol. The highest BCUT2D eigenvalue weighted by atomic mass is 32.1. The maximum absolute atomic E-state index is 12.7. The Balaban J connectivity index is 1.21. The molecule has 0 bridgehead atoms. The lowest BCUT2D eigenvalue weighted by atomic mass is 9.84. The Morgan fingerprint density at radius 1 is 1.20 bits per heavy atom. The zero-order valence-electron chi connectivity index (χ0n) is 17.6. The number of carbonyl (C=O) groups is 3. The lowest BCUT2D eigenvalue weighted by Crippen LogP contribution is -2.58. The Kier molecular flexibility index (Phi) is 6.34. The molecule has 8 heteroatoms. The third kappa shape index (κ3) is 4.34. The summed E-state index contributed by atoms with van der Waals surface area (Å²) in [5, 5.41) is 2.76. The van der Waals surface area contributed by atoms with Crippen LogP contribution in [0.25, 0.3) is 0 Å². The SMILES string of the molecule is CC(=O)NCc1ccc(C(=O)CCCN2CCC3(CC2)C(=O)N=C2CCCCN23)s1. The van der Waals surface area contributed by atoms with E-state index in [9.17, 15) is 14.4 Å². The standard InChI is InChI=1S/C22H30N4O3S/c1-16(27)23-15-17-7-8-19(30-17)18(28)5-4-11-25-13-9-22(10-14-25)21(29)24-20-6-2-3-12-26(20)22/h7-8H,2-6,9-15H2,1H3,(H,23,27). The average molecular weight is 431 g/mol. The highest BCUT2D eigenvalue weighted by Crippen LogP contribution is 2.37. The number of likely N-dealkylation sites (tertiary alicyclic amines) is 1. The third-order valence-corrected chi connectivity index (χ3v) is 7.62. The van der Waals surface area contributed by atoms with Crippen molar-refractivity contribution in [3.8, 4) is 0 Å². The first-order chi connectivity index (χ1) is 14.5. The molecule has 1 N–H and O–H groups in total. The summed E-state index contributed by atoms with van der Waals surface area (Å²) >= 11 is 1.46. The van der Waals surface area contributed by atoms with E-state index in [0.29, 0.717) is 13.0 Å². The van der Waals surface area contributed by atoms with E-state index >= 15 is 0 Å². The molecule has 162 valence electrons. The maximum Gasteiger partial charge on any atom is 0.273 e. The van der Waals surface area contributed by atoms with Gasteiger partial charge in [0, 0.05) is 44.3 Å². The first kappa shape index (κ1) is 21.2. The zero-order chi connectivity index (χ0) is 21.1.